The Bertz CT molecular complexity index is 657. The van der Waals surface area contributed by atoms with E-state index in [4.69, 9.17) is 4.98 Å². The number of aromatic nitrogens is 1. The van der Waals surface area contributed by atoms with Gasteiger partial charge in [-0.15, -0.1) is 0 Å². The Labute approximate surface area is 101 Å². The molecule has 0 aliphatic carbocycles. The number of nitrogens with zero attached hydrogens (tertiary/aromatic N) is 1. The van der Waals surface area contributed by atoms with Crippen molar-refractivity contribution in [2.45, 2.75) is 6.92 Å². The lowest BCUT2D eigenvalue weighted by molar-refractivity contribution is 1.38. The quantitative estimate of drug-likeness (QED) is 0.597. The van der Waals surface area contributed by atoms with Gasteiger partial charge < -0.3 is 0 Å². The SMILES string of the molecule is Cc1cccc2nc(-c3ccccc3)ccc12. The van der Waals surface area contributed by atoms with Crippen molar-refractivity contribution in [3.63, 3.8) is 0 Å². The van der Waals surface area contributed by atoms with E-state index < -0.39 is 0 Å². The molecule has 0 bridgehead atoms. The highest BCUT2D eigenvalue weighted by molar-refractivity contribution is 5.84. The molecule has 3 aromatic rings. The van der Waals surface area contributed by atoms with E-state index in [0.29, 0.717) is 0 Å². The second-order valence-corrected chi connectivity index (χ2v) is 4.20. The third-order valence-electron chi connectivity index (χ3n) is 3.02. The average Bonchev–Trinajstić information content (AvgIpc) is 2.40. The van der Waals surface area contributed by atoms with E-state index in [-0.39, 0.29) is 0 Å². The maximum absolute atomic E-state index is 4.71. The van der Waals surface area contributed by atoms with Crippen molar-refractivity contribution in [2.75, 3.05) is 0 Å². The van der Waals surface area contributed by atoms with Gasteiger partial charge in [-0.1, -0.05) is 48.5 Å². The van der Waals surface area contributed by atoms with E-state index in [0.717, 1.165) is 16.8 Å². The topological polar surface area (TPSA) is 12.9 Å². The van der Waals surface area contributed by atoms with Gasteiger partial charge >= 0.3 is 0 Å². The van der Waals surface area contributed by atoms with E-state index in [1.807, 2.05) is 18.2 Å². The molecular formula is C16H13N. The molecule has 17 heavy (non-hydrogen) atoms. The molecule has 1 aromatic heterocycles. The van der Waals surface area contributed by atoms with Crippen LogP contribution in [0, 0.1) is 6.92 Å². The van der Waals surface area contributed by atoms with Gasteiger partial charge in [0.05, 0.1) is 11.2 Å². The number of hydrogen-bond donors (Lipinski definition) is 0. The van der Waals surface area contributed by atoms with E-state index in [1.54, 1.807) is 0 Å². The Balaban J connectivity index is 2.21. The van der Waals surface area contributed by atoms with Gasteiger partial charge in [0.2, 0.25) is 0 Å². The first-order valence-electron chi connectivity index (χ1n) is 5.76. The fraction of sp³-hybridized carbons (Fsp3) is 0.0625. The minimum absolute atomic E-state index is 1.03. The first-order valence-corrected chi connectivity index (χ1v) is 5.76. The third-order valence-corrected chi connectivity index (χ3v) is 3.02. The Morgan fingerprint density at radius 1 is 0.765 bits per heavy atom. The van der Waals surface area contributed by atoms with Gasteiger partial charge in [-0.3, -0.25) is 0 Å². The van der Waals surface area contributed by atoms with Crippen LogP contribution in [0.25, 0.3) is 22.2 Å². The molecule has 0 N–H and O–H groups in total. The van der Waals surface area contributed by atoms with E-state index >= 15 is 0 Å². The molecule has 0 fully saturated rings. The molecule has 0 radical (unpaired) electrons. The fourth-order valence-electron chi connectivity index (χ4n) is 2.08. The van der Waals surface area contributed by atoms with Crippen molar-refractivity contribution in [2.24, 2.45) is 0 Å². The summed E-state index contributed by atoms with van der Waals surface area (Å²) < 4.78 is 0. The van der Waals surface area contributed by atoms with Crippen molar-refractivity contribution in [1.82, 2.24) is 4.98 Å². The molecule has 0 aliphatic heterocycles. The number of hydrogen-bond acceptors (Lipinski definition) is 1. The number of aryl methyl sites for hydroxylation is 1. The van der Waals surface area contributed by atoms with Crippen LogP contribution < -0.4 is 0 Å². The Hall–Kier alpha value is -2.15. The van der Waals surface area contributed by atoms with Gasteiger partial charge in [-0.05, 0) is 24.6 Å². The number of fused-ring (bicyclic) bond motifs is 1. The first-order chi connectivity index (χ1) is 8.34. The van der Waals surface area contributed by atoms with Gasteiger partial charge in [-0.2, -0.15) is 0 Å². The van der Waals surface area contributed by atoms with Crippen molar-refractivity contribution in [3.05, 3.63) is 66.2 Å². The predicted molar refractivity (Wildman–Crippen MR) is 71.9 cm³/mol. The summed E-state index contributed by atoms with van der Waals surface area (Å²) in [5.41, 5.74) is 4.53. The van der Waals surface area contributed by atoms with Crippen molar-refractivity contribution in [3.8, 4) is 11.3 Å². The zero-order valence-electron chi connectivity index (χ0n) is 9.72. The maximum Gasteiger partial charge on any atom is 0.0712 e. The summed E-state index contributed by atoms with van der Waals surface area (Å²) in [6, 6.07) is 20.8. The molecule has 0 saturated carbocycles. The zero-order chi connectivity index (χ0) is 11.7. The lowest BCUT2D eigenvalue weighted by Gasteiger charge is -2.04. The lowest BCUT2D eigenvalue weighted by Crippen LogP contribution is -1.86. The number of pyridine rings is 1. The van der Waals surface area contributed by atoms with E-state index in [1.165, 1.54) is 10.9 Å². The number of benzene rings is 2. The van der Waals surface area contributed by atoms with Gasteiger partial charge in [0, 0.05) is 10.9 Å². The summed E-state index contributed by atoms with van der Waals surface area (Å²) in [5.74, 6) is 0. The van der Waals surface area contributed by atoms with Gasteiger partial charge in [-0.25, -0.2) is 4.98 Å². The molecule has 1 heterocycles. The van der Waals surface area contributed by atoms with Crippen LogP contribution in [0.4, 0.5) is 0 Å². The van der Waals surface area contributed by atoms with Crippen LogP contribution in [0.1, 0.15) is 5.56 Å². The maximum atomic E-state index is 4.71. The Kier molecular flexibility index (Phi) is 2.37. The van der Waals surface area contributed by atoms with Crippen LogP contribution in [-0.2, 0) is 0 Å². The standard InChI is InChI=1S/C16H13N/c1-12-6-5-9-16-14(12)10-11-15(17-16)13-7-3-2-4-8-13/h2-11H,1H3. The minimum Gasteiger partial charge on any atom is -0.248 e. The van der Waals surface area contributed by atoms with E-state index in [2.05, 4.69) is 49.4 Å². The molecule has 1 nitrogen and oxygen atoms in total. The smallest absolute Gasteiger partial charge is 0.0712 e. The molecule has 0 unspecified atom stereocenters. The van der Waals surface area contributed by atoms with Crippen LogP contribution in [0.5, 0.6) is 0 Å². The van der Waals surface area contributed by atoms with Crippen LogP contribution in [0.2, 0.25) is 0 Å². The zero-order valence-corrected chi connectivity index (χ0v) is 9.72. The van der Waals surface area contributed by atoms with Crippen LogP contribution in [-0.4, -0.2) is 4.98 Å². The van der Waals surface area contributed by atoms with Gasteiger partial charge in [0.15, 0.2) is 0 Å². The highest BCUT2D eigenvalue weighted by atomic mass is 14.7. The summed E-state index contributed by atoms with van der Waals surface area (Å²) in [6.45, 7) is 2.12. The molecule has 0 saturated heterocycles. The minimum atomic E-state index is 1.03. The van der Waals surface area contributed by atoms with Crippen LogP contribution >= 0.6 is 0 Å². The second-order valence-electron chi connectivity index (χ2n) is 4.20. The molecule has 0 atom stereocenters. The monoisotopic (exact) mass is 219 g/mol. The molecule has 3 rings (SSSR count). The second kappa shape index (κ2) is 4.02. The third kappa shape index (κ3) is 1.80. The van der Waals surface area contributed by atoms with Crippen molar-refractivity contribution >= 4 is 10.9 Å². The van der Waals surface area contributed by atoms with Crippen LogP contribution in [0.15, 0.2) is 60.7 Å². The highest BCUT2D eigenvalue weighted by Gasteiger charge is 2.01. The normalized spacial score (nSPS) is 10.6. The first kappa shape index (κ1) is 10.0. The molecule has 82 valence electrons. The van der Waals surface area contributed by atoms with Crippen molar-refractivity contribution < 1.29 is 0 Å². The number of rotatable bonds is 1. The molecular weight excluding hydrogens is 206 g/mol. The van der Waals surface area contributed by atoms with Gasteiger partial charge in [0.1, 0.15) is 0 Å². The molecule has 0 aliphatic rings. The fourth-order valence-corrected chi connectivity index (χ4v) is 2.08. The van der Waals surface area contributed by atoms with Crippen molar-refractivity contribution in [1.29, 1.82) is 0 Å². The summed E-state index contributed by atoms with van der Waals surface area (Å²) >= 11 is 0. The van der Waals surface area contributed by atoms with E-state index in [9.17, 15) is 0 Å². The van der Waals surface area contributed by atoms with Crippen LogP contribution in [0.3, 0.4) is 0 Å². The average molecular weight is 219 g/mol. The summed E-state index contributed by atoms with van der Waals surface area (Å²) in [4.78, 5) is 4.71. The molecule has 2 aromatic carbocycles. The largest absolute Gasteiger partial charge is 0.248 e. The molecule has 1 heteroatoms. The molecule has 0 spiro atoms. The summed E-state index contributed by atoms with van der Waals surface area (Å²) in [7, 11) is 0. The molecule has 0 amide bonds. The highest BCUT2D eigenvalue weighted by Crippen LogP contribution is 2.22. The lowest BCUT2D eigenvalue weighted by atomic mass is 10.1. The Morgan fingerprint density at radius 3 is 2.41 bits per heavy atom. The Morgan fingerprint density at radius 2 is 1.59 bits per heavy atom. The predicted octanol–water partition coefficient (Wildman–Crippen LogP) is 4.21. The summed E-state index contributed by atoms with van der Waals surface area (Å²) in [6.07, 6.45) is 0. The summed E-state index contributed by atoms with van der Waals surface area (Å²) in [5, 5.41) is 1.23. The van der Waals surface area contributed by atoms with Gasteiger partial charge in [0.25, 0.3) is 0 Å².